The van der Waals surface area contributed by atoms with Crippen molar-refractivity contribution in [3.8, 4) is 0 Å². The molecule has 2 unspecified atom stereocenters. The van der Waals surface area contributed by atoms with Gasteiger partial charge in [-0.3, -0.25) is 0 Å². The van der Waals surface area contributed by atoms with Crippen molar-refractivity contribution >= 4 is 22.0 Å². The summed E-state index contributed by atoms with van der Waals surface area (Å²) in [6.45, 7) is 2.70. The van der Waals surface area contributed by atoms with Gasteiger partial charge in [-0.2, -0.15) is 0 Å². The molecule has 2 amide bonds. The Bertz CT molecular complexity index is 469. The van der Waals surface area contributed by atoms with E-state index in [1.165, 1.54) is 6.07 Å². The van der Waals surface area contributed by atoms with E-state index in [4.69, 9.17) is 5.73 Å². The Labute approximate surface area is 113 Å². The number of carbonyl (C=O) groups is 1. The van der Waals surface area contributed by atoms with Crippen LogP contribution >= 0.6 is 15.9 Å². The van der Waals surface area contributed by atoms with Crippen molar-refractivity contribution in [3.63, 3.8) is 0 Å². The smallest absolute Gasteiger partial charge is 0.318 e. The zero-order valence-corrected chi connectivity index (χ0v) is 11.6. The molecule has 0 aromatic heterocycles. The summed E-state index contributed by atoms with van der Waals surface area (Å²) in [5, 5.41) is 2.77. The highest BCUT2D eigenvalue weighted by Gasteiger charge is 2.33. The van der Waals surface area contributed by atoms with Gasteiger partial charge in [-0.25, -0.2) is 9.18 Å². The van der Waals surface area contributed by atoms with Gasteiger partial charge in [0.2, 0.25) is 0 Å². The molecule has 1 heterocycles. The molecule has 4 nitrogen and oxygen atoms in total. The van der Waals surface area contributed by atoms with E-state index in [2.05, 4.69) is 21.2 Å². The molecule has 0 spiro atoms. The molecule has 1 aromatic carbocycles. The normalized spacial score (nSPS) is 21.0. The molecule has 1 aliphatic heterocycles. The van der Waals surface area contributed by atoms with Crippen LogP contribution in [0.25, 0.3) is 0 Å². The van der Waals surface area contributed by atoms with Crippen LogP contribution in [0.5, 0.6) is 0 Å². The lowest BCUT2D eigenvalue weighted by atomic mass is 10.1. The largest absolute Gasteiger partial charge is 0.329 e. The van der Waals surface area contributed by atoms with Crippen molar-refractivity contribution in [1.29, 1.82) is 0 Å². The second-order valence-corrected chi connectivity index (χ2v) is 5.32. The van der Waals surface area contributed by atoms with Crippen LogP contribution in [0, 0.1) is 5.82 Å². The standard InChI is InChI=1S/C12H15BrFN3O/c1-7(5-15)17-6-11(16-12(17)18)9-4-8(13)2-3-10(9)14/h2-4,7,11H,5-6,15H2,1H3,(H,16,18). The average molecular weight is 316 g/mol. The van der Waals surface area contributed by atoms with Gasteiger partial charge in [0.25, 0.3) is 0 Å². The van der Waals surface area contributed by atoms with E-state index in [-0.39, 0.29) is 23.9 Å². The molecule has 0 radical (unpaired) electrons. The maximum Gasteiger partial charge on any atom is 0.318 e. The number of hydrogen-bond acceptors (Lipinski definition) is 2. The summed E-state index contributed by atoms with van der Waals surface area (Å²) in [6, 6.07) is 4.14. The van der Waals surface area contributed by atoms with Gasteiger partial charge in [-0.05, 0) is 25.1 Å². The van der Waals surface area contributed by atoms with Gasteiger partial charge < -0.3 is 16.0 Å². The maximum absolute atomic E-state index is 13.7. The van der Waals surface area contributed by atoms with E-state index < -0.39 is 0 Å². The van der Waals surface area contributed by atoms with Gasteiger partial charge >= 0.3 is 6.03 Å². The zero-order valence-electron chi connectivity index (χ0n) is 9.99. The molecule has 0 bridgehead atoms. The number of nitrogens with one attached hydrogen (secondary N) is 1. The first kappa shape index (κ1) is 13.3. The summed E-state index contributed by atoms with van der Waals surface area (Å²) in [5.41, 5.74) is 6.04. The van der Waals surface area contributed by atoms with Gasteiger partial charge in [-0.1, -0.05) is 15.9 Å². The molecule has 2 atom stereocenters. The first-order chi connectivity index (χ1) is 8.52. The number of benzene rings is 1. The van der Waals surface area contributed by atoms with E-state index in [0.29, 0.717) is 18.7 Å². The van der Waals surface area contributed by atoms with Crippen molar-refractivity contribution in [2.45, 2.75) is 19.0 Å². The van der Waals surface area contributed by atoms with Gasteiger partial charge in [0, 0.05) is 29.2 Å². The van der Waals surface area contributed by atoms with E-state index >= 15 is 0 Å². The Kier molecular flexibility index (Phi) is 3.87. The molecule has 1 fully saturated rings. The molecular formula is C12H15BrFN3O. The van der Waals surface area contributed by atoms with E-state index in [9.17, 15) is 9.18 Å². The van der Waals surface area contributed by atoms with Crippen LogP contribution in [0.1, 0.15) is 18.5 Å². The highest BCUT2D eigenvalue weighted by atomic mass is 79.9. The highest BCUT2D eigenvalue weighted by Crippen LogP contribution is 2.26. The first-order valence-corrected chi connectivity index (χ1v) is 6.54. The fourth-order valence-electron chi connectivity index (χ4n) is 2.02. The highest BCUT2D eigenvalue weighted by molar-refractivity contribution is 9.10. The van der Waals surface area contributed by atoms with Gasteiger partial charge in [0.15, 0.2) is 0 Å². The maximum atomic E-state index is 13.7. The van der Waals surface area contributed by atoms with Crippen molar-refractivity contribution in [3.05, 3.63) is 34.1 Å². The van der Waals surface area contributed by atoms with Crippen molar-refractivity contribution in [1.82, 2.24) is 10.2 Å². The lowest BCUT2D eigenvalue weighted by Gasteiger charge is -2.21. The average Bonchev–Trinajstić information content (AvgIpc) is 2.73. The van der Waals surface area contributed by atoms with Gasteiger partial charge in [0.1, 0.15) is 5.82 Å². The van der Waals surface area contributed by atoms with Crippen molar-refractivity contribution < 1.29 is 9.18 Å². The van der Waals surface area contributed by atoms with Crippen LogP contribution < -0.4 is 11.1 Å². The molecule has 98 valence electrons. The first-order valence-electron chi connectivity index (χ1n) is 5.75. The fourth-order valence-corrected chi connectivity index (χ4v) is 2.40. The van der Waals surface area contributed by atoms with Crippen LogP contribution in [0.3, 0.4) is 0 Å². The minimum atomic E-state index is -0.330. The van der Waals surface area contributed by atoms with E-state index in [1.807, 2.05) is 6.92 Å². The third-order valence-electron chi connectivity index (χ3n) is 3.14. The molecule has 6 heteroatoms. The molecule has 2 rings (SSSR count). The minimum Gasteiger partial charge on any atom is -0.329 e. The summed E-state index contributed by atoms with van der Waals surface area (Å²) in [7, 11) is 0. The third kappa shape index (κ3) is 2.49. The number of hydrogen-bond donors (Lipinski definition) is 2. The molecule has 1 saturated heterocycles. The summed E-state index contributed by atoms with van der Waals surface area (Å²) in [6.07, 6.45) is 0. The van der Waals surface area contributed by atoms with Crippen LogP contribution in [0.15, 0.2) is 22.7 Å². The number of nitrogens with two attached hydrogens (primary N) is 1. The molecule has 0 saturated carbocycles. The molecule has 1 aliphatic rings. The number of carbonyl (C=O) groups excluding carboxylic acids is 1. The summed E-state index contributed by atoms with van der Waals surface area (Å²) < 4.78 is 14.5. The predicted molar refractivity (Wildman–Crippen MR) is 70.6 cm³/mol. The third-order valence-corrected chi connectivity index (χ3v) is 3.64. The lowest BCUT2D eigenvalue weighted by molar-refractivity contribution is 0.203. The fraction of sp³-hybridized carbons (Fsp3) is 0.417. The monoisotopic (exact) mass is 315 g/mol. The van der Waals surface area contributed by atoms with Crippen molar-refractivity contribution in [2.75, 3.05) is 13.1 Å². The van der Waals surface area contributed by atoms with Crippen LogP contribution in [0.4, 0.5) is 9.18 Å². The number of rotatable bonds is 3. The second kappa shape index (κ2) is 5.24. The molecule has 3 N–H and O–H groups in total. The Hall–Kier alpha value is -1.14. The van der Waals surface area contributed by atoms with Crippen LogP contribution in [0.2, 0.25) is 0 Å². The van der Waals surface area contributed by atoms with E-state index in [1.54, 1.807) is 17.0 Å². The van der Waals surface area contributed by atoms with Crippen LogP contribution in [-0.2, 0) is 0 Å². The molecule has 0 aliphatic carbocycles. The van der Waals surface area contributed by atoms with E-state index in [0.717, 1.165) is 4.47 Å². The quantitative estimate of drug-likeness (QED) is 0.896. The second-order valence-electron chi connectivity index (χ2n) is 4.40. The number of nitrogens with zero attached hydrogens (tertiary/aromatic N) is 1. The summed E-state index contributed by atoms with van der Waals surface area (Å²) >= 11 is 3.30. The molecule has 18 heavy (non-hydrogen) atoms. The number of halogens is 2. The van der Waals surface area contributed by atoms with Gasteiger partial charge in [-0.15, -0.1) is 0 Å². The molecule has 1 aromatic rings. The van der Waals surface area contributed by atoms with Gasteiger partial charge in [0.05, 0.1) is 6.04 Å². The number of amides is 2. The topological polar surface area (TPSA) is 58.4 Å². The van der Waals surface area contributed by atoms with Crippen LogP contribution in [-0.4, -0.2) is 30.1 Å². The Morgan fingerprint density at radius 3 is 3.06 bits per heavy atom. The Morgan fingerprint density at radius 1 is 1.67 bits per heavy atom. The number of urea groups is 1. The minimum absolute atomic E-state index is 0.0507. The molecular weight excluding hydrogens is 301 g/mol. The summed E-state index contributed by atoms with van der Waals surface area (Å²) in [5.74, 6) is -0.314. The summed E-state index contributed by atoms with van der Waals surface area (Å²) in [4.78, 5) is 13.4. The lowest BCUT2D eigenvalue weighted by Crippen LogP contribution is -2.40. The predicted octanol–water partition coefficient (Wildman–Crippen LogP) is 2.00. The Morgan fingerprint density at radius 2 is 2.39 bits per heavy atom. The van der Waals surface area contributed by atoms with Crippen molar-refractivity contribution in [2.24, 2.45) is 5.73 Å². The Balaban J connectivity index is 2.21. The SMILES string of the molecule is CC(CN)N1CC(c2cc(Br)ccc2F)NC1=O. The zero-order chi connectivity index (χ0) is 13.3.